The van der Waals surface area contributed by atoms with Gasteiger partial charge in [-0.2, -0.15) is 0 Å². The van der Waals surface area contributed by atoms with E-state index in [1.54, 1.807) is 31.2 Å². The number of amides is 2. The van der Waals surface area contributed by atoms with Crippen LogP contribution in [0.25, 0.3) is 0 Å². The third kappa shape index (κ3) is 7.22. The molecule has 5 rings (SSSR count). The highest BCUT2D eigenvalue weighted by atomic mass is 35.5. The fraction of sp³-hybridized carbons (Fsp3) is 0.355. The second-order valence-electron chi connectivity index (χ2n) is 10.6. The molecule has 12 heteroatoms. The molecule has 1 aliphatic carbocycles. The molecule has 228 valence electrons. The summed E-state index contributed by atoms with van der Waals surface area (Å²) in [6.45, 7) is 1.62. The Labute approximate surface area is 255 Å². The van der Waals surface area contributed by atoms with Crippen molar-refractivity contribution in [2.24, 2.45) is 0 Å². The average molecular weight is 630 g/mol. The summed E-state index contributed by atoms with van der Waals surface area (Å²) in [5, 5.41) is 3.55. The number of rotatable bonds is 10. The fourth-order valence-corrected chi connectivity index (χ4v) is 6.76. The van der Waals surface area contributed by atoms with E-state index in [1.807, 2.05) is 0 Å². The molecular formula is C31H33ClFN3O6S. The van der Waals surface area contributed by atoms with Gasteiger partial charge in [-0.05, 0) is 73.9 Å². The van der Waals surface area contributed by atoms with Gasteiger partial charge in [-0.25, -0.2) is 12.8 Å². The molecule has 0 aromatic heterocycles. The zero-order valence-corrected chi connectivity index (χ0v) is 25.2. The lowest BCUT2D eigenvalue weighted by Gasteiger charge is -2.32. The Bertz CT molecular complexity index is 1560. The fourth-order valence-electron chi connectivity index (χ4n) is 5.21. The van der Waals surface area contributed by atoms with Crippen molar-refractivity contribution >= 4 is 39.1 Å². The maximum atomic E-state index is 14.1. The molecule has 3 aromatic carbocycles. The normalized spacial score (nSPS) is 15.5. The van der Waals surface area contributed by atoms with Crippen LogP contribution in [0.5, 0.6) is 11.5 Å². The van der Waals surface area contributed by atoms with E-state index in [0.717, 1.165) is 42.1 Å². The van der Waals surface area contributed by atoms with Gasteiger partial charge in [0.15, 0.2) is 11.5 Å². The number of halogens is 2. The van der Waals surface area contributed by atoms with Crippen LogP contribution in [-0.4, -0.2) is 57.0 Å². The Morgan fingerprint density at radius 3 is 2.30 bits per heavy atom. The summed E-state index contributed by atoms with van der Waals surface area (Å²) in [5.74, 6) is -0.829. The number of anilines is 1. The van der Waals surface area contributed by atoms with Gasteiger partial charge in [-0.15, -0.1) is 0 Å². The summed E-state index contributed by atoms with van der Waals surface area (Å²) < 4.78 is 54.0. The summed E-state index contributed by atoms with van der Waals surface area (Å²) >= 11 is 6.06. The lowest BCUT2D eigenvalue weighted by atomic mass is 10.1. The zero-order chi connectivity index (χ0) is 30.6. The molecule has 0 unspecified atom stereocenters. The highest BCUT2D eigenvalue weighted by molar-refractivity contribution is 7.92. The Morgan fingerprint density at radius 2 is 1.63 bits per heavy atom. The quantitative estimate of drug-likeness (QED) is 0.341. The highest BCUT2D eigenvalue weighted by Gasteiger charge is 2.34. The van der Waals surface area contributed by atoms with Gasteiger partial charge in [-0.3, -0.25) is 13.9 Å². The molecule has 1 aliphatic heterocycles. The predicted molar refractivity (Wildman–Crippen MR) is 160 cm³/mol. The summed E-state index contributed by atoms with van der Waals surface area (Å²) in [6, 6.07) is 15.0. The molecule has 2 aliphatic rings. The van der Waals surface area contributed by atoms with Crippen molar-refractivity contribution in [3.63, 3.8) is 0 Å². The molecule has 1 N–H and O–H groups in total. The first kappa shape index (κ1) is 30.6. The van der Waals surface area contributed by atoms with Crippen LogP contribution in [0.1, 0.15) is 38.2 Å². The van der Waals surface area contributed by atoms with Crippen molar-refractivity contribution in [3.8, 4) is 11.5 Å². The number of nitrogens with zero attached hydrogens (tertiary/aromatic N) is 2. The van der Waals surface area contributed by atoms with Gasteiger partial charge >= 0.3 is 0 Å². The van der Waals surface area contributed by atoms with Crippen molar-refractivity contribution in [3.05, 3.63) is 83.1 Å². The summed E-state index contributed by atoms with van der Waals surface area (Å²) in [5.41, 5.74) is 0.792. The van der Waals surface area contributed by atoms with Crippen molar-refractivity contribution in [2.75, 3.05) is 24.1 Å². The van der Waals surface area contributed by atoms with Crippen molar-refractivity contribution in [1.82, 2.24) is 10.2 Å². The Kier molecular flexibility index (Phi) is 9.41. The molecule has 2 amide bonds. The minimum absolute atomic E-state index is 0.0359. The molecule has 1 fully saturated rings. The molecule has 1 saturated carbocycles. The predicted octanol–water partition coefficient (Wildman–Crippen LogP) is 4.92. The van der Waals surface area contributed by atoms with Crippen LogP contribution < -0.4 is 19.1 Å². The van der Waals surface area contributed by atoms with Crippen molar-refractivity contribution < 1.29 is 31.9 Å². The second-order valence-corrected chi connectivity index (χ2v) is 12.9. The first-order valence-corrected chi connectivity index (χ1v) is 16.0. The van der Waals surface area contributed by atoms with Crippen LogP contribution in [0.15, 0.2) is 71.6 Å². The van der Waals surface area contributed by atoms with Crippen LogP contribution in [0.2, 0.25) is 5.02 Å². The van der Waals surface area contributed by atoms with E-state index < -0.39 is 34.3 Å². The van der Waals surface area contributed by atoms with Crippen molar-refractivity contribution in [2.45, 2.75) is 56.1 Å². The number of hydrogen-bond donors (Lipinski definition) is 1. The van der Waals surface area contributed by atoms with E-state index in [9.17, 15) is 22.4 Å². The number of fused-ring (bicyclic) bond motifs is 1. The maximum absolute atomic E-state index is 14.1. The third-order valence-electron chi connectivity index (χ3n) is 7.63. The van der Waals surface area contributed by atoms with Crippen LogP contribution in [0, 0.1) is 5.82 Å². The molecule has 3 aromatic rings. The van der Waals surface area contributed by atoms with Crippen LogP contribution in [-0.2, 0) is 26.2 Å². The van der Waals surface area contributed by atoms with E-state index >= 15 is 0 Å². The smallest absolute Gasteiger partial charge is 0.264 e. The topological polar surface area (TPSA) is 105 Å². The van der Waals surface area contributed by atoms with Gasteiger partial charge in [0.05, 0.1) is 10.6 Å². The molecule has 9 nitrogen and oxygen atoms in total. The number of sulfonamides is 1. The van der Waals surface area contributed by atoms with Crippen LogP contribution in [0.3, 0.4) is 0 Å². The van der Waals surface area contributed by atoms with Gasteiger partial charge in [0.2, 0.25) is 11.8 Å². The number of carbonyl (C=O) groups excluding carboxylic acids is 2. The second kappa shape index (κ2) is 13.2. The molecule has 43 heavy (non-hydrogen) atoms. The molecule has 1 heterocycles. The van der Waals surface area contributed by atoms with Gasteiger partial charge in [-0.1, -0.05) is 36.6 Å². The van der Waals surface area contributed by atoms with E-state index in [2.05, 4.69) is 5.32 Å². The number of benzene rings is 3. The molecule has 0 radical (unpaired) electrons. The van der Waals surface area contributed by atoms with Crippen LogP contribution in [0.4, 0.5) is 10.1 Å². The highest BCUT2D eigenvalue weighted by Crippen LogP contribution is 2.34. The molecule has 0 bridgehead atoms. The van der Waals surface area contributed by atoms with Crippen LogP contribution >= 0.6 is 11.6 Å². The molecular weight excluding hydrogens is 597 g/mol. The number of ether oxygens (including phenoxy) is 2. The first-order chi connectivity index (χ1) is 20.6. The first-order valence-electron chi connectivity index (χ1n) is 14.1. The SMILES string of the molecule is C[C@H](C(=O)NC1CCCC1)N(Cc1ccc(Cl)cc1)C(=O)CN(c1ccc(F)cc1)S(=O)(=O)c1ccc2c(c1)OCCO2. The summed E-state index contributed by atoms with van der Waals surface area (Å²) in [4.78, 5) is 28.6. The third-order valence-corrected chi connectivity index (χ3v) is 9.65. The Morgan fingerprint density at radius 1 is 0.977 bits per heavy atom. The molecule has 0 spiro atoms. The number of hydrogen-bond acceptors (Lipinski definition) is 6. The summed E-state index contributed by atoms with van der Waals surface area (Å²) in [7, 11) is -4.36. The maximum Gasteiger partial charge on any atom is 0.264 e. The van der Waals surface area contributed by atoms with E-state index in [-0.39, 0.29) is 41.4 Å². The lowest BCUT2D eigenvalue weighted by molar-refractivity contribution is -0.139. The zero-order valence-electron chi connectivity index (χ0n) is 23.7. The monoisotopic (exact) mass is 629 g/mol. The molecule has 0 saturated heterocycles. The standard InChI is InChI=1S/C31H33ClFN3O6S/c1-21(31(38)34-25-4-2-3-5-25)35(19-22-6-8-23(32)9-7-22)30(37)20-36(26-12-10-24(33)11-13-26)43(39,40)27-14-15-28-29(18-27)42-17-16-41-28/h6-15,18,21,25H,2-5,16-17,19-20H2,1H3,(H,34,38)/t21-/m1/s1. The minimum atomic E-state index is -4.36. The van der Waals surface area contributed by atoms with Gasteiger partial charge in [0.1, 0.15) is 31.6 Å². The van der Waals surface area contributed by atoms with Gasteiger partial charge in [0.25, 0.3) is 10.0 Å². The lowest BCUT2D eigenvalue weighted by Crippen LogP contribution is -2.52. The number of carbonyl (C=O) groups is 2. The van der Waals surface area contributed by atoms with Gasteiger partial charge in [0, 0.05) is 23.7 Å². The minimum Gasteiger partial charge on any atom is -0.486 e. The molecule has 1 atom stereocenters. The summed E-state index contributed by atoms with van der Waals surface area (Å²) in [6.07, 6.45) is 3.79. The van der Waals surface area contributed by atoms with E-state index in [4.69, 9.17) is 21.1 Å². The largest absolute Gasteiger partial charge is 0.486 e. The number of nitrogens with one attached hydrogen (secondary N) is 1. The van der Waals surface area contributed by atoms with E-state index in [0.29, 0.717) is 22.9 Å². The average Bonchev–Trinajstić information content (AvgIpc) is 3.52. The van der Waals surface area contributed by atoms with E-state index in [1.165, 1.54) is 35.2 Å². The Balaban J connectivity index is 1.48. The van der Waals surface area contributed by atoms with Crippen molar-refractivity contribution in [1.29, 1.82) is 0 Å². The Hall–Kier alpha value is -3.83. The van der Waals surface area contributed by atoms with Gasteiger partial charge < -0.3 is 19.7 Å².